The third-order valence-corrected chi connectivity index (χ3v) is 4.64. The Morgan fingerprint density at radius 3 is 2.65 bits per heavy atom. The minimum absolute atomic E-state index is 0.110. The molecule has 0 amide bonds. The van der Waals surface area contributed by atoms with Gasteiger partial charge in [-0.25, -0.2) is 4.98 Å². The Bertz CT molecular complexity index is 1050. The lowest BCUT2D eigenvalue weighted by Crippen LogP contribution is -2.13. The molecule has 4 aromatic rings. The van der Waals surface area contributed by atoms with Crippen LogP contribution in [0.25, 0.3) is 26.1 Å². The lowest BCUT2D eigenvalue weighted by Gasteiger charge is -2.00. The highest BCUT2D eigenvalue weighted by atomic mass is 35.5. The number of rotatable bonds is 0. The summed E-state index contributed by atoms with van der Waals surface area (Å²) in [6, 6.07) is 10.6. The summed E-state index contributed by atoms with van der Waals surface area (Å²) in [5.41, 5.74) is 1.35. The molecule has 0 aliphatic rings. The molecule has 0 fully saturated rings. The van der Waals surface area contributed by atoms with Crippen LogP contribution in [0, 0.1) is 0 Å². The predicted molar refractivity (Wildman–Crippen MR) is 84.4 cm³/mol. The first-order chi connectivity index (χ1) is 9.63. The molecule has 0 N–H and O–H groups in total. The molecule has 0 saturated carbocycles. The van der Waals surface area contributed by atoms with Crippen LogP contribution in [-0.2, 0) is 0 Å². The van der Waals surface area contributed by atoms with Gasteiger partial charge in [0.25, 0.3) is 5.56 Å². The van der Waals surface area contributed by atoms with Gasteiger partial charge in [-0.1, -0.05) is 34.5 Å². The molecule has 0 bridgehead atoms. The van der Waals surface area contributed by atoms with E-state index in [0.717, 1.165) is 10.2 Å². The van der Waals surface area contributed by atoms with Gasteiger partial charge >= 0.3 is 0 Å². The highest BCUT2D eigenvalue weighted by Gasteiger charge is 2.12. The van der Waals surface area contributed by atoms with E-state index in [1.54, 1.807) is 28.7 Å². The summed E-state index contributed by atoms with van der Waals surface area (Å²) in [6.45, 7) is 0. The number of hydrogen-bond acceptors (Lipinski definition) is 3. The van der Waals surface area contributed by atoms with Gasteiger partial charge in [-0.3, -0.25) is 9.20 Å². The zero-order chi connectivity index (χ0) is 13.9. The zero-order valence-corrected chi connectivity index (χ0v) is 12.3. The largest absolute Gasteiger partial charge is 0.268 e. The lowest BCUT2D eigenvalue weighted by atomic mass is 10.2. The highest BCUT2D eigenvalue weighted by molar-refractivity contribution is 7.23. The van der Waals surface area contributed by atoms with E-state index in [1.807, 2.05) is 12.1 Å². The summed E-state index contributed by atoms with van der Waals surface area (Å²) in [6.07, 6.45) is 0. The van der Waals surface area contributed by atoms with Crippen molar-refractivity contribution in [3.63, 3.8) is 0 Å². The third kappa shape index (κ3) is 1.66. The normalized spacial score (nSPS) is 11.7. The predicted octanol–water partition coefficient (Wildman–Crippen LogP) is 4.37. The molecule has 0 aliphatic heterocycles. The van der Waals surface area contributed by atoms with E-state index in [4.69, 9.17) is 23.2 Å². The van der Waals surface area contributed by atoms with Gasteiger partial charge in [-0.2, -0.15) is 0 Å². The number of benzene rings is 2. The molecule has 2 aromatic heterocycles. The van der Waals surface area contributed by atoms with Crippen LogP contribution in [0.15, 0.2) is 41.2 Å². The number of halogens is 2. The molecule has 0 atom stereocenters. The Hall–Kier alpha value is -1.62. The Kier molecular flexibility index (Phi) is 2.54. The molecular formula is C14H6Cl2N2OS. The van der Waals surface area contributed by atoms with Crippen LogP contribution in [0.2, 0.25) is 10.0 Å². The van der Waals surface area contributed by atoms with Gasteiger partial charge in [0, 0.05) is 10.0 Å². The van der Waals surface area contributed by atoms with Crippen LogP contribution in [-0.4, -0.2) is 9.38 Å². The Morgan fingerprint density at radius 1 is 1.05 bits per heavy atom. The standard InChI is InChI=1S/C14H6Cl2N2OS/c15-7-1-3-10-9(5-7)13(19)18-11-4-2-8(16)6-12(11)20-14(18)17-10/h1-6H. The average molecular weight is 321 g/mol. The van der Waals surface area contributed by atoms with E-state index in [1.165, 1.54) is 11.3 Å². The highest BCUT2D eigenvalue weighted by Crippen LogP contribution is 2.28. The van der Waals surface area contributed by atoms with Crippen LogP contribution >= 0.6 is 34.5 Å². The van der Waals surface area contributed by atoms with E-state index in [-0.39, 0.29) is 5.56 Å². The molecule has 0 saturated heterocycles. The summed E-state index contributed by atoms with van der Waals surface area (Å²) in [5, 5.41) is 1.69. The molecule has 20 heavy (non-hydrogen) atoms. The third-order valence-electron chi connectivity index (χ3n) is 3.16. The number of aromatic nitrogens is 2. The van der Waals surface area contributed by atoms with Crippen molar-refractivity contribution in [1.82, 2.24) is 9.38 Å². The molecular weight excluding hydrogens is 315 g/mol. The lowest BCUT2D eigenvalue weighted by molar-refractivity contribution is 1.16. The molecule has 4 rings (SSSR count). The molecule has 0 radical (unpaired) electrons. The maximum absolute atomic E-state index is 12.6. The Morgan fingerprint density at radius 2 is 1.80 bits per heavy atom. The molecule has 2 aromatic carbocycles. The number of fused-ring (bicyclic) bond motifs is 4. The first-order valence-electron chi connectivity index (χ1n) is 5.83. The van der Waals surface area contributed by atoms with Gasteiger partial charge in [-0.15, -0.1) is 0 Å². The molecule has 2 heterocycles. The van der Waals surface area contributed by atoms with E-state index >= 15 is 0 Å². The summed E-state index contributed by atoms with van der Waals surface area (Å²) < 4.78 is 2.54. The topological polar surface area (TPSA) is 34.4 Å². The van der Waals surface area contributed by atoms with Crippen molar-refractivity contribution in [2.45, 2.75) is 0 Å². The number of hydrogen-bond donors (Lipinski definition) is 0. The molecule has 0 spiro atoms. The fourth-order valence-electron chi connectivity index (χ4n) is 2.27. The summed E-state index contributed by atoms with van der Waals surface area (Å²) in [7, 11) is 0. The second kappa shape index (κ2) is 4.19. The van der Waals surface area contributed by atoms with Crippen LogP contribution in [0.3, 0.4) is 0 Å². The smallest absolute Gasteiger partial charge is 0.266 e. The van der Waals surface area contributed by atoms with Gasteiger partial charge in [0.1, 0.15) is 0 Å². The summed E-state index contributed by atoms with van der Waals surface area (Å²) in [5.74, 6) is 0. The number of thiazole rings is 1. The van der Waals surface area contributed by atoms with E-state index < -0.39 is 0 Å². The first-order valence-corrected chi connectivity index (χ1v) is 7.41. The molecule has 6 heteroatoms. The van der Waals surface area contributed by atoms with Crippen molar-refractivity contribution in [1.29, 1.82) is 0 Å². The van der Waals surface area contributed by atoms with E-state index in [2.05, 4.69) is 4.98 Å². The maximum Gasteiger partial charge on any atom is 0.266 e. The SMILES string of the molecule is O=c1c2cc(Cl)ccc2nc2sc3cc(Cl)ccc3n12. The molecule has 0 unspecified atom stereocenters. The first kappa shape index (κ1) is 12.1. The van der Waals surface area contributed by atoms with Crippen molar-refractivity contribution >= 4 is 60.6 Å². The zero-order valence-electron chi connectivity index (χ0n) is 9.93. The minimum atomic E-state index is -0.110. The van der Waals surface area contributed by atoms with Gasteiger partial charge in [0.2, 0.25) is 0 Å². The van der Waals surface area contributed by atoms with E-state index in [0.29, 0.717) is 25.9 Å². The van der Waals surface area contributed by atoms with Crippen molar-refractivity contribution in [3.05, 3.63) is 56.8 Å². The average Bonchev–Trinajstić information content (AvgIpc) is 2.77. The van der Waals surface area contributed by atoms with Crippen LogP contribution in [0.4, 0.5) is 0 Å². The Labute approximate surface area is 127 Å². The second-order valence-corrected chi connectivity index (χ2v) is 6.29. The molecule has 98 valence electrons. The van der Waals surface area contributed by atoms with Gasteiger partial charge in [-0.05, 0) is 36.4 Å². The monoisotopic (exact) mass is 320 g/mol. The van der Waals surface area contributed by atoms with Crippen molar-refractivity contribution in [2.75, 3.05) is 0 Å². The fourth-order valence-corrected chi connectivity index (χ4v) is 3.74. The summed E-state index contributed by atoms with van der Waals surface area (Å²) >= 11 is 13.4. The second-order valence-electron chi connectivity index (χ2n) is 4.41. The van der Waals surface area contributed by atoms with Crippen LogP contribution in [0.5, 0.6) is 0 Å². The fraction of sp³-hybridized carbons (Fsp3) is 0. The van der Waals surface area contributed by atoms with Gasteiger partial charge < -0.3 is 0 Å². The van der Waals surface area contributed by atoms with E-state index in [9.17, 15) is 4.79 Å². The van der Waals surface area contributed by atoms with Crippen LogP contribution in [0.1, 0.15) is 0 Å². The van der Waals surface area contributed by atoms with Crippen LogP contribution < -0.4 is 5.56 Å². The Balaban J connectivity index is 2.30. The van der Waals surface area contributed by atoms with Crippen molar-refractivity contribution < 1.29 is 0 Å². The van der Waals surface area contributed by atoms with Crippen molar-refractivity contribution in [3.8, 4) is 0 Å². The quantitative estimate of drug-likeness (QED) is 0.482. The molecule has 0 aliphatic carbocycles. The van der Waals surface area contributed by atoms with Gasteiger partial charge in [0.15, 0.2) is 4.96 Å². The minimum Gasteiger partial charge on any atom is -0.268 e. The molecule has 3 nitrogen and oxygen atoms in total. The summed E-state index contributed by atoms with van der Waals surface area (Å²) in [4.78, 5) is 17.8. The number of nitrogens with zero attached hydrogens (tertiary/aromatic N) is 2. The maximum atomic E-state index is 12.6. The van der Waals surface area contributed by atoms with Gasteiger partial charge in [0.05, 0.1) is 21.1 Å². The van der Waals surface area contributed by atoms with Crippen molar-refractivity contribution in [2.24, 2.45) is 0 Å².